The van der Waals surface area contributed by atoms with Gasteiger partial charge in [0, 0.05) is 74.1 Å². The number of allylic oxidation sites excluding steroid dienone is 1. The monoisotopic (exact) mass is 632 g/mol. The molecule has 1 spiro atoms. The highest BCUT2D eigenvalue weighted by atomic mass is 32.2. The number of hydrogen-bond donors (Lipinski definition) is 7. The quantitative estimate of drug-likeness (QED) is 0.143. The number of rotatable bonds is 7. The summed E-state index contributed by atoms with van der Waals surface area (Å²) in [4.78, 5) is 34.1. The smallest absolute Gasteiger partial charge is 0.303 e. The Bertz CT molecular complexity index is 1890. The molecule has 1 unspecified atom stereocenters. The fraction of sp³-hybridized carbons (Fsp3) is 0.412. The average molecular weight is 633 g/mol. The summed E-state index contributed by atoms with van der Waals surface area (Å²) in [6, 6.07) is 0. The van der Waals surface area contributed by atoms with Gasteiger partial charge in [0.15, 0.2) is 0 Å². The van der Waals surface area contributed by atoms with E-state index in [-0.39, 0.29) is 28.8 Å². The number of aliphatic carboxylic acids is 2. The van der Waals surface area contributed by atoms with Crippen LogP contribution in [-0.4, -0.2) is 47.1 Å². The number of nitrogens with one attached hydrogen (secondary N) is 4. The minimum absolute atomic E-state index is 0.00590. The standard InChI is InChI=1S/C34H40N4O4S2/c1-15-21(7-9-31(39)40)27-13-28-22(8-10-32(41)42)16(2)24(36-28)12-29-33(19(5)43)17(3)25(37-29)14-30-34(20(6)44-34)18(4)26(38-30)11-23(15)35-27/h11-14,18-20,35-38,43H,7-10H2,1-6H3,(H,39,40)(H,41,42)/b24-12-,26-11-,28-13-,30-14-/t18-,19-,20?,34+/m0/s1. The second kappa shape index (κ2) is 11.1. The fourth-order valence-electron chi connectivity index (χ4n) is 7.17. The van der Waals surface area contributed by atoms with E-state index in [0.717, 1.165) is 72.6 Å². The van der Waals surface area contributed by atoms with Gasteiger partial charge in [0.05, 0.1) is 4.75 Å². The normalized spacial score (nSPS) is 26.4. The molecule has 0 aromatic carbocycles. The molecule has 3 aromatic heterocycles. The average Bonchev–Trinajstić information content (AvgIpc) is 3.08. The van der Waals surface area contributed by atoms with Crippen LogP contribution < -0.4 is 16.0 Å². The Balaban J connectivity index is 1.67. The molecule has 0 amide bonds. The lowest BCUT2D eigenvalue weighted by Crippen LogP contribution is -2.20. The van der Waals surface area contributed by atoms with Crippen LogP contribution in [0.5, 0.6) is 0 Å². The maximum Gasteiger partial charge on any atom is 0.303 e. The van der Waals surface area contributed by atoms with Gasteiger partial charge in [0.1, 0.15) is 0 Å². The molecular formula is C34H40N4O4S2. The number of carboxylic acid groups (broad SMARTS) is 2. The third-order valence-electron chi connectivity index (χ3n) is 9.76. The van der Waals surface area contributed by atoms with Gasteiger partial charge in [-0.25, -0.2) is 0 Å². The van der Waals surface area contributed by atoms with Crippen molar-refractivity contribution in [3.63, 3.8) is 0 Å². The Labute approximate surface area is 266 Å². The molecule has 44 heavy (non-hydrogen) atoms. The molecule has 4 atom stereocenters. The molecule has 6 rings (SSSR count). The van der Waals surface area contributed by atoms with Crippen LogP contribution in [0.1, 0.15) is 95.0 Å². The third kappa shape index (κ3) is 5.05. The molecule has 3 aliphatic heterocycles. The van der Waals surface area contributed by atoms with Gasteiger partial charge >= 0.3 is 11.9 Å². The van der Waals surface area contributed by atoms with E-state index in [9.17, 15) is 19.8 Å². The largest absolute Gasteiger partial charge is 0.481 e. The van der Waals surface area contributed by atoms with Crippen molar-refractivity contribution in [2.24, 2.45) is 5.92 Å². The number of aromatic amines is 3. The van der Waals surface area contributed by atoms with Crippen molar-refractivity contribution in [3.8, 4) is 0 Å². The van der Waals surface area contributed by atoms with Gasteiger partial charge in [-0.15, -0.1) is 11.8 Å². The van der Waals surface area contributed by atoms with Gasteiger partial charge < -0.3 is 30.5 Å². The van der Waals surface area contributed by atoms with E-state index in [2.05, 4.69) is 66.2 Å². The van der Waals surface area contributed by atoms with E-state index in [1.807, 2.05) is 31.7 Å². The zero-order valence-corrected chi connectivity index (χ0v) is 27.6. The second-order valence-corrected chi connectivity index (χ2v) is 14.8. The summed E-state index contributed by atoms with van der Waals surface area (Å²) in [5.74, 6) is -1.45. The number of carboxylic acids is 2. The van der Waals surface area contributed by atoms with Crippen molar-refractivity contribution >= 4 is 60.6 Å². The number of thioether (sulfide) groups is 1. The number of fused-ring (bicyclic) bond motifs is 9. The zero-order valence-electron chi connectivity index (χ0n) is 25.9. The zero-order chi connectivity index (χ0) is 31.7. The van der Waals surface area contributed by atoms with Crippen LogP contribution in [0.15, 0.2) is 11.4 Å². The molecule has 6 N–H and O–H groups in total. The molecule has 2 fully saturated rings. The van der Waals surface area contributed by atoms with Gasteiger partial charge in [-0.3, -0.25) is 9.59 Å². The Morgan fingerprint density at radius 2 is 1.43 bits per heavy atom. The molecule has 10 heteroatoms. The fourth-order valence-corrected chi connectivity index (χ4v) is 8.92. The van der Waals surface area contributed by atoms with E-state index in [1.54, 1.807) is 0 Å². The molecule has 8 nitrogen and oxygen atoms in total. The Morgan fingerprint density at radius 1 is 0.841 bits per heavy atom. The Hall–Kier alpha value is -3.50. The summed E-state index contributed by atoms with van der Waals surface area (Å²) < 4.78 is -0.0286. The van der Waals surface area contributed by atoms with Crippen molar-refractivity contribution in [1.29, 1.82) is 0 Å². The molecule has 0 saturated carbocycles. The van der Waals surface area contributed by atoms with Gasteiger partial charge in [-0.05, 0) is 98.2 Å². The van der Waals surface area contributed by atoms with Crippen LogP contribution in [0.4, 0.5) is 0 Å². The van der Waals surface area contributed by atoms with Crippen LogP contribution in [0.2, 0.25) is 0 Å². The first-order valence-electron chi connectivity index (χ1n) is 15.2. The maximum absolute atomic E-state index is 11.6. The Kier molecular flexibility index (Phi) is 7.73. The van der Waals surface area contributed by atoms with E-state index in [0.29, 0.717) is 18.1 Å². The summed E-state index contributed by atoms with van der Waals surface area (Å²) in [7, 11) is 0. The van der Waals surface area contributed by atoms with Gasteiger partial charge in [0.2, 0.25) is 0 Å². The predicted octanol–water partition coefficient (Wildman–Crippen LogP) is 5.09. The van der Waals surface area contributed by atoms with Crippen molar-refractivity contribution < 1.29 is 19.8 Å². The van der Waals surface area contributed by atoms with Crippen LogP contribution in [0.25, 0.3) is 24.3 Å². The van der Waals surface area contributed by atoms with Crippen molar-refractivity contribution in [2.45, 2.75) is 82.5 Å². The lowest BCUT2D eigenvalue weighted by atomic mass is 9.90. The highest BCUT2D eigenvalue weighted by Gasteiger charge is 2.63. The number of aromatic nitrogens is 3. The maximum atomic E-state index is 11.6. The topological polar surface area (TPSA) is 134 Å². The highest BCUT2D eigenvalue weighted by Crippen LogP contribution is 2.66. The lowest BCUT2D eigenvalue weighted by Gasteiger charge is -2.13. The molecular weight excluding hydrogens is 593 g/mol. The van der Waals surface area contributed by atoms with Gasteiger partial charge in [0.25, 0.3) is 0 Å². The molecule has 232 valence electrons. The molecule has 0 radical (unpaired) electrons. The number of hydrogen-bond acceptors (Lipinski definition) is 5. The SMILES string of the molecule is Cc1c2[nH]c(c1CCC(=O)O)/C=c1\[nH]/c(c(C)c1CCC(=O)O)=C\c1[nH]c(c(C)c1[C@H](C)S)/C=C1\N/C(=C\2)[C@H](C)[C@]12SC2C. The highest BCUT2D eigenvalue weighted by molar-refractivity contribution is 8.09. The van der Waals surface area contributed by atoms with E-state index >= 15 is 0 Å². The van der Waals surface area contributed by atoms with Crippen molar-refractivity contribution in [3.05, 3.63) is 78.2 Å². The molecule has 3 aliphatic rings. The summed E-state index contributed by atoms with van der Waals surface area (Å²) in [6.45, 7) is 12.8. The predicted molar refractivity (Wildman–Crippen MR) is 180 cm³/mol. The summed E-state index contributed by atoms with van der Waals surface area (Å²) >= 11 is 6.84. The first-order chi connectivity index (χ1) is 20.8. The second-order valence-electron chi connectivity index (χ2n) is 12.4. The minimum Gasteiger partial charge on any atom is -0.481 e. The van der Waals surface area contributed by atoms with Crippen LogP contribution >= 0.6 is 24.4 Å². The van der Waals surface area contributed by atoms with Crippen LogP contribution in [0.3, 0.4) is 0 Å². The van der Waals surface area contributed by atoms with Crippen LogP contribution in [-0.2, 0) is 22.4 Å². The first kappa shape index (κ1) is 30.5. The van der Waals surface area contributed by atoms with Crippen molar-refractivity contribution in [1.82, 2.24) is 20.3 Å². The van der Waals surface area contributed by atoms with Gasteiger partial charge in [-0.2, -0.15) is 12.6 Å². The molecule has 3 aromatic rings. The molecule has 8 bridgehead atoms. The summed E-state index contributed by atoms with van der Waals surface area (Å²) in [5, 5.41) is 25.0. The third-order valence-corrected chi connectivity index (χ3v) is 11.8. The van der Waals surface area contributed by atoms with Crippen LogP contribution in [0, 0.1) is 26.7 Å². The Morgan fingerprint density at radius 3 is 2.05 bits per heavy atom. The summed E-state index contributed by atoms with van der Waals surface area (Å²) in [5.41, 5.74) is 12.3. The molecule has 2 saturated heterocycles. The minimum atomic E-state index is -0.853. The van der Waals surface area contributed by atoms with E-state index in [1.165, 1.54) is 5.70 Å². The summed E-state index contributed by atoms with van der Waals surface area (Å²) in [6.07, 6.45) is 9.34. The first-order valence-corrected chi connectivity index (χ1v) is 16.6. The number of H-pyrrole nitrogens is 3. The van der Waals surface area contributed by atoms with Crippen molar-refractivity contribution in [2.75, 3.05) is 0 Å². The van der Waals surface area contributed by atoms with E-state index in [4.69, 9.17) is 12.6 Å². The lowest BCUT2D eigenvalue weighted by molar-refractivity contribution is -0.138. The van der Waals surface area contributed by atoms with E-state index < -0.39 is 11.9 Å². The molecule has 0 aliphatic carbocycles. The van der Waals surface area contributed by atoms with Gasteiger partial charge in [-0.1, -0.05) is 13.8 Å². The number of carbonyl (C=O) groups is 2. The number of thiol groups is 1. The molecule has 6 heterocycles.